The molecule has 1 aliphatic rings. The number of rotatable bonds is 8. The van der Waals surface area contributed by atoms with E-state index in [1.54, 1.807) is 4.68 Å². The van der Waals surface area contributed by atoms with Crippen LogP contribution in [0.2, 0.25) is 0 Å². The molecule has 0 radical (unpaired) electrons. The lowest BCUT2D eigenvalue weighted by Crippen LogP contribution is -2.36. The monoisotopic (exact) mass is 400 g/mol. The quantitative estimate of drug-likeness (QED) is 0.662. The highest BCUT2D eigenvalue weighted by atomic mass is 16.5. The number of aryl methyl sites for hydroxylation is 2. The number of aromatic nitrogens is 4. The van der Waals surface area contributed by atoms with Gasteiger partial charge >= 0.3 is 6.03 Å². The van der Waals surface area contributed by atoms with Crippen LogP contribution in [-0.2, 0) is 13.6 Å². The molecule has 2 N–H and O–H groups in total. The van der Waals surface area contributed by atoms with Gasteiger partial charge in [0.05, 0.1) is 29.7 Å². The first kappa shape index (κ1) is 21.1. The minimum Gasteiger partial charge on any atom is -0.489 e. The number of unbranched alkanes of at least 4 members (excludes halogenated alkanes) is 1. The van der Waals surface area contributed by atoms with Crippen molar-refractivity contribution in [3.63, 3.8) is 0 Å². The molecular formula is C21H32N6O2. The maximum atomic E-state index is 12.0. The van der Waals surface area contributed by atoms with Crippen LogP contribution < -0.4 is 15.4 Å². The molecule has 0 saturated heterocycles. The van der Waals surface area contributed by atoms with Crippen LogP contribution in [0.5, 0.6) is 5.75 Å². The molecule has 0 unspecified atom stereocenters. The summed E-state index contributed by atoms with van der Waals surface area (Å²) < 4.78 is 7.84. The SMILES string of the molecule is CCCCNC(=O)NCc1c(-c2ccc(OC3CCCCC3)c(C)n2)nnn1C. The summed E-state index contributed by atoms with van der Waals surface area (Å²) in [6.07, 6.45) is 8.29. The number of nitrogens with zero attached hydrogens (tertiary/aromatic N) is 4. The summed E-state index contributed by atoms with van der Waals surface area (Å²) in [6.45, 7) is 5.05. The van der Waals surface area contributed by atoms with Crippen LogP contribution in [0.15, 0.2) is 12.1 Å². The number of amides is 2. The molecule has 0 atom stereocenters. The molecule has 0 spiro atoms. The minimum absolute atomic E-state index is 0.189. The van der Waals surface area contributed by atoms with Gasteiger partial charge in [0.25, 0.3) is 0 Å². The molecule has 8 heteroatoms. The molecule has 2 aromatic heterocycles. The van der Waals surface area contributed by atoms with Gasteiger partial charge in [-0.25, -0.2) is 14.5 Å². The summed E-state index contributed by atoms with van der Waals surface area (Å²) in [5.41, 5.74) is 3.06. The Hall–Kier alpha value is -2.64. The van der Waals surface area contributed by atoms with E-state index in [9.17, 15) is 4.79 Å². The standard InChI is InChI=1S/C21H32N6O2/c1-4-5-13-22-21(28)23-14-18-20(25-26-27(18)3)17-11-12-19(15(2)24-17)29-16-9-7-6-8-10-16/h11-12,16H,4-10,13-14H2,1-3H3,(H2,22,23,28). The number of nitrogens with one attached hydrogen (secondary N) is 2. The van der Waals surface area contributed by atoms with Gasteiger partial charge in [0, 0.05) is 13.6 Å². The summed E-state index contributed by atoms with van der Waals surface area (Å²) in [5, 5.41) is 14.1. The lowest BCUT2D eigenvalue weighted by Gasteiger charge is -2.23. The molecule has 158 valence electrons. The number of ether oxygens (including phenoxy) is 1. The van der Waals surface area contributed by atoms with Crippen molar-refractivity contribution in [2.24, 2.45) is 7.05 Å². The second kappa shape index (κ2) is 10.2. The van der Waals surface area contributed by atoms with Crippen LogP contribution in [0.4, 0.5) is 4.79 Å². The fourth-order valence-corrected chi connectivity index (χ4v) is 3.55. The van der Waals surface area contributed by atoms with Crippen LogP contribution in [0, 0.1) is 6.92 Å². The molecule has 3 rings (SSSR count). The molecule has 1 saturated carbocycles. The first-order chi connectivity index (χ1) is 14.1. The van der Waals surface area contributed by atoms with Crippen LogP contribution in [-0.4, -0.2) is 38.7 Å². The zero-order valence-corrected chi connectivity index (χ0v) is 17.7. The second-order valence-electron chi connectivity index (χ2n) is 7.63. The van der Waals surface area contributed by atoms with Crippen LogP contribution >= 0.6 is 0 Å². The Morgan fingerprint density at radius 1 is 1.24 bits per heavy atom. The number of carbonyl (C=O) groups is 1. The van der Waals surface area contributed by atoms with Crippen molar-refractivity contribution in [2.75, 3.05) is 6.54 Å². The number of pyridine rings is 1. The first-order valence-corrected chi connectivity index (χ1v) is 10.6. The molecule has 29 heavy (non-hydrogen) atoms. The van der Waals surface area contributed by atoms with Crippen molar-refractivity contribution in [3.05, 3.63) is 23.5 Å². The van der Waals surface area contributed by atoms with E-state index in [2.05, 4.69) is 27.9 Å². The van der Waals surface area contributed by atoms with Gasteiger partial charge in [-0.15, -0.1) is 5.10 Å². The van der Waals surface area contributed by atoms with Gasteiger partial charge in [0.2, 0.25) is 0 Å². The lowest BCUT2D eigenvalue weighted by molar-refractivity contribution is 0.153. The Morgan fingerprint density at radius 2 is 2.03 bits per heavy atom. The summed E-state index contributed by atoms with van der Waals surface area (Å²) >= 11 is 0. The number of hydrogen-bond donors (Lipinski definition) is 2. The van der Waals surface area contributed by atoms with Crippen molar-refractivity contribution in [1.82, 2.24) is 30.6 Å². The normalized spacial score (nSPS) is 14.6. The molecular weight excluding hydrogens is 368 g/mol. The number of hydrogen-bond acceptors (Lipinski definition) is 5. The molecule has 0 aliphatic heterocycles. The Morgan fingerprint density at radius 3 is 2.76 bits per heavy atom. The third-order valence-electron chi connectivity index (χ3n) is 5.30. The predicted molar refractivity (Wildman–Crippen MR) is 112 cm³/mol. The van der Waals surface area contributed by atoms with Crippen LogP contribution in [0.1, 0.15) is 63.3 Å². The van der Waals surface area contributed by atoms with E-state index in [0.29, 0.717) is 18.8 Å². The zero-order valence-electron chi connectivity index (χ0n) is 17.7. The first-order valence-electron chi connectivity index (χ1n) is 10.6. The van der Waals surface area contributed by atoms with Gasteiger partial charge < -0.3 is 15.4 Å². The highest BCUT2D eigenvalue weighted by Gasteiger charge is 2.19. The Bertz CT molecular complexity index is 813. The van der Waals surface area contributed by atoms with Gasteiger partial charge in [0.15, 0.2) is 0 Å². The Kier molecular flexibility index (Phi) is 7.43. The van der Waals surface area contributed by atoms with E-state index in [0.717, 1.165) is 48.5 Å². The Labute approximate surface area is 172 Å². The van der Waals surface area contributed by atoms with Gasteiger partial charge in [0.1, 0.15) is 11.4 Å². The van der Waals surface area contributed by atoms with E-state index >= 15 is 0 Å². The Balaban J connectivity index is 1.67. The van der Waals surface area contributed by atoms with E-state index in [1.165, 1.54) is 19.3 Å². The molecule has 2 amide bonds. The minimum atomic E-state index is -0.189. The molecule has 1 fully saturated rings. The summed E-state index contributed by atoms with van der Waals surface area (Å²) in [7, 11) is 1.82. The van der Waals surface area contributed by atoms with Crippen LogP contribution in [0.25, 0.3) is 11.4 Å². The van der Waals surface area contributed by atoms with E-state index in [4.69, 9.17) is 9.72 Å². The van der Waals surface area contributed by atoms with Crippen molar-refractivity contribution >= 4 is 6.03 Å². The third kappa shape index (κ3) is 5.68. The third-order valence-corrected chi connectivity index (χ3v) is 5.30. The molecule has 0 aromatic carbocycles. The average molecular weight is 401 g/mol. The lowest BCUT2D eigenvalue weighted by atomic mass is 9.98. The van der Waals surface area contributed by atoms with E-state index < -0.39 is 0 Å². The molecule has 0 bridgehead atoms. The van der Waals surface area contributed by atoms with Crippen molar-refractivity contribution in [3.8, 4) is 17.1 Å². The van der Waals surface area contributed by atoms with Crippen molar-refractivity contribution < 1.29 is 9.53 Å². The summed E-state index contributed by atoms with van der Waals surface area (Å²) in [4.78, 5) is 16.7. The molecule has 8 nitrogen and oxygen atoms in total. The van der Waals surface area contributed by atoms with Crippen LogP contribution in [0.3, 0.4) is 0 Å². The van der Waals surface area contributed by atoms with Gasteiger partial charge in [-0.2, -0.15) is 0 Å². The largest absolute Gasteiger partial charge is 0.489 e. The van der Waals surface area contributed by atoms with E-state index in [-0.39, 0.29) is 12.1 Å². The average Bonchev–Trinajstić information content (AvgIpc) is 3.09. The highest BCUT2D eigenvalue weighted by Crippen LogP contribution is 2.27. The maximum absolute atomic E-state index is 12.0. The fraction of sp³-hybridized carbons (Fsp3) is 0.619. The van der Waals surface area contributed by atoms with E-state index in [1.807, 2.05) is 26.1 Å². The maximum Gasteiger partial charge on any atom is 0.315 e. The molecule has 2 heterocycles. The fourth-order valence-electron chi connectivity index (χ4n) is 3.55. The van der Waals surface area contributed by atoms with Gasteiger partial charge in [-0.3, -0.25) is 0 Å². The van der Waals surface area contributed by atoms with Gasteiger partial charge in [-0.1, -0.05) is 25.0 Å². The van der Waals surface area contributed by atoms with Crippen molar-refractivity contribution in [1.29, 1.82) is 0 Å². The zero-order chi connectivity index (χ0) is 20.6. The summed E-state index contributed by atoms with van der Waals surface area (Å²) in [5.74, 6) is 0.833. The smallest absolute Gasteiger partial charge is 0.315 e. The number of urea groups is 1. The van der Waals surface area contributed by atoms with Crippen molar-refractivity contribution in [2.45, 2.75) is 71.4 Å². The summed E-state index contributed by atoms with van der Waals surface area (Å²) in [6, 6.07) is 3.70. The second-order valence-corrected chi connectivity index (χ2v) is 7.63. The molecule has 2 aromatic rings. The number of carbonyl (C=O) groups excluding carboxylic acids is 1. The molecule has 1 aliphatic carbocycles. The predicted octanol–water partition coefficient (Wildman–Crippen LogP) is 3.50. The highest BCUT2D eigenvalue weighted by molar-refractivity contribution is 5.74. The van der Waals surface area contributed by atoms with Gasteiger partial charge in [-0.05, 0) is 51.2 Å². The topological polar surface area (TPSA) is 94.0 Å².